The summed E-state index contributed by atoms with van der Waals surface area (Å²) in [4.78, 5) is 12.1. The van der Waals surface area contributed by atoms with E-state index in [1.807, 2.05) is 7.05 Å². The van der Waals surface area contributed by atoms with E-state index in [1.165, 1.54) is 13.4 Å². The van der Waals surface area contributed by atoms with E-state index in [2.05, 4.69) is 20.1 Å². The molecule has 2 heterocycles. The van der Waals surface area contributed by atoms with E-state index in [-0.39, 0.29) is 5.82 Å². The van der Waals surface area contributed by atoms with Crippen LogP contribution in [0.25, 0.3) is 0 Å². The number of nitrogens with zero attached hydrogens (tertiary/aromatic N) is 5. The van der Waals surface area contributed by atoms with Crippen molar-refractivity contribution in [1.29, 1.82) is 0 Å². The molecule has 0 unspecified atom stereocenters. The lowest BCUT2D eigenvalue weighted by atomic mass is 10.3. The molecule has 2 N–H and O–H groups in total. The molecule has 0 saturated carbocycles. The lowest BCUT2D eigenvalue weighted by Gasteiger charge is -2.05. The van der Waals surface area contributed by atoms with E-state index < -0.39 is 0 Å². The number of aromatic nitrogens is 2. The first-order valence-corrected chi connectivity index (χ1v) is 4.34. The van der Waals surface area contributed by atoms with Crippen molar-refractivity contribution in [2.24, 2.45) is 10.1 Å². The average molecular weight is 207 g/mol. The minimum Gasteiger partial charge on any atom is -0.491 e. The highest BCUT2D eigenvalue weighted by molar-refractivity contribution is 6.00. The first-order valence-electron chi connectivity index (χ1n) is 4.34. The van der Waals surface area contributed by atoms with E-state index in [4.69, 9.17) is 10.5 Å². The van der Waals surface area contributed by atoms with Crippen LogP contribution < -0.4 is 10.5 Å². The van der Waals surface area contributed by atoms with Gasteiger partial charge >= 0.3 is 0 Å². The summed E-state index contributed by atoms with van der Waals surface area (Å²) in [5, 5.41) is 4.17. The molecule has 0 aliphatic carbocycles. The number of rotatable bonds is 2. The van der Waals surface area contributed by atoms with E-state index >= 15 is 0 Å². The summed E-state index contributed by atoms with van der Waals surface area (Å²) < 4.78 is 6.82. The minimum absolute atomic E-state index is 0.287. The Morgan fingerprint density at radius 2 is 2.27 bits per heavy atom. The van der Waals surface area contributed by atoms with Crippen molar-refractivity contribution in [2.45, 2.75) is 0 Å². The molecule has 78 valence electrons. The second-order valence-corrected chi connectivity index (χ2v) is 3.02. The molecule has 15 heavy (non-hydrogen) atoms. The van der Waals surface area contributed by atoms with Gasteiger partial charge in [0.2, 0.25) is 5.84 Å². The summed E-state index contributed by atoms with van der Waals surface area (Å²) in [7, 11) is 3.34. The fourth-order valence-corrected chi connectivity index (χ4v) is 1.26. The van der Waals surface area contributed by atoms with Crippen molar-refractivity contribution in [3.8, 4) is 5.75 Å². The molecule has 0 spiro atoms. The number of aliphatic imine (C=N–C) groups is 1. The van der Waals surface area contributed by atoms with Crippen molar-refractivity contribution in [3.05, 3.63) is 12.0 Å². The Morgan fingerprint density at radius 3 is 2.87 bits per heavy atom. The Balaban J connectivity index is 2.49. The van der Waals surface area contributed by atoms with Gasteiger partial charge in [0.05, 0.1) is 7.11 Å². The van der Waals surface area contributed by atoms with Crippen LogP contribution in [-0.4, -0.2) is 41.3 Å². The lowest BCUT2D eigenvalue weighted by Crippen LogP contribution is -2.06. The van der Waals surface area contributed by atoms with Crippen LogP contribution >= 0.6 is 0 Å². The largest absolute Gasteiger partial charge is 0.491 e. The number of anilines is 1. The zero-order valence-corrected chi connectivity index (χ0v) is 8.51. The Hall–Kier alpha value is -2.05. The van der Waals surface area contributed by atoms with Crippen LogP contribution in [0.15, 0.2) is 16.4 Å². The number of ether oxygens (including phenoxy) is 1. The topological polar surface area (TPSA) is 88.8 Å². The summed E-state index contributed by atoms with van der Waals surface area (Å²) in [5.41, 5.74) is 6.17. The molecule has 0 saturated heterocycles. The molecule has 0 amide bonds. The van der Waals surface area contributed by atoms with Crippen LogP contribution in [0.3, 0.4) is 0 Å². The van der Waals surface area contributed by atoms with Gasteiger partial charge in [-0.25, -0.2) is 9.97 Å². The molecule has 1 aliphatic heterocycles. The number of methoxy groups -OCH3 is 1. The quantitative estimate of drug-likeness (QED) is 0.684. The Morgan fingerprint density at radius 1 is 1.47 bits per heavy atom. The smallest absolute Gasteiger partial charge is 0.263 e. The fraction of sp³-hybridized carbons (Fsp3) is 0.375. The Kier molecular flexibility index (Phi) is 2.28. The van der Waals surface area contributed by atoms with Gasteiger partial charge in [-0.1, -0.05) is 0 Å². The fourth-order valence-electron chi connectivity index (χ4n) is 1.26. The molecule has 1 aromatic rings. The second kappa shape index (κ2) is 3.60. The number of hydrogen-bond donors (Lipinski definition) is 1. The standard InChI is InChI=1S/C8H11N6O/c1-14-4-12-8(13-14)5-6(15-2)7(9)11-3-10-5/h3H,4H2,1-2H3,(H2,9,10,11)/q+1. The molecule has 0 atom stereocenters. The van der Waals surface area contributed by atoms with E-state index in [9.17, 15) is 0 Å². The van der Waals surface area contributed by atoms with Crippen molar-refractivity contribution in [1.82, 2.24) is 9.97 Å². The number of nitrogen functional groups attached to an aromatic ring is 1. The van der Waals surface area contributed by atoms with Crippen LogP contribution in [0.1, 0.15) is 5.69 Å². The molecule has 1 aromatic heterocycles. The summed E-state index contributed by atoms with van der Waals surface area (Å²) in [5.74, 6) is 1.22. The van der Waals surface area contributed by atoms with Gasteiger partial charge in [0.1, 0.15) is 6.33 Å². The van der Waals surface area contributed by atoms with Gasteiger partial charge < -0.3 is 10.5 Å². The maximum atomic E-state index is 5.65. The summed E-state index contributed by atoms with van der Waals surface area (Å²) >= 11 is 0. The zero-order valence-electron chi connectivity index (χ0n) is 8.51. The third-order valence-electron chi connectivity index (χ3n) is 1.94. The number of nitrogens with two attached hydrogens (primary N) is 1. The van der Waals surface area contributed by atoms with Gasteiger partial charge in [0.25, 0.3) is 6.67 Å². The molecule has 7 heteroatoms. The van der Waals surface area contributed by atoms with Gasteiger partial charge in [-0.2, -0.15) is 4.99 Å². The van der Waals surface area contributed by atoms with Gasteiger partial charge in [-0.05, 0) is 0 Å². The molecule has 0 bridgehead atoms. The molecular formula is C8H11N6O+. The first-order chi connectivity index (χ1) is 7.22. The minimum atomic E-state index is 0.287. The normalized spacial score (nSPS) is 14.8. The van der Waals surface area contributed by atoms with Crippen molar-refractivity contribution in [2.75, 3.05) is 26.6 Å². The summed E-state index contributed by atoms with van der Waals surface area (Å²) in [6.07, 6.45) is 1.36. The van der Waals surface area contributed by atoms with Crippen LogP contribution in [0.4, 0.5) is 5.82 Å². The predicted molar refractivity (Wildman–Crippen MR) is 53.0 cm³/mol. The molecule has 1 aliphatic rings. The van der Waals surface area contributed by atoms with Crippen molar-refractivity contribution >= 4 is 11.7 Å². The molecular weight excluding hydrogens is 196 g/mol. The van der Waals surface area contributed by atoms with E-state index in [0.717, 1.165) is 0 Å². The van der Waals surface area contributed by atoms with Crippen LogP contribution in [0, 0.1) is 0 Å². The van der Waals surface area contributed by atoms with E-state index in [1.54, 1.807) is 4.70 Å². The highest BCUT2D eigenvalue weighted by atomic mass is 16.5. The predicted octanol–water partition coefficient (Wildman–Crippen LogP) is -0.120. The number of hydrogen-bond acceptors (Lipinski definition) is 6. The van der Waals surface area contributed by atoms with Gasteiger partial charge in [-0.15, -0.1) is 4.70 Å². The van der Waals surface area contributed by atoms with Crippen LogP contribution in [0.5, 0.6) is 5.75 Å². The first kappa shape index (κ1) is 9.50. The third-order valence-corrected chi connectivity index (χ3v) is 1.94. The maximum absolute atomic E-state index is 5.65. The Labute approximate surface area is 86.3 Å². The van der Waals surface area contributed by atoms with Crippen LogP contribution in [-0.2, 0) is 0 Å². The van der Waals surface area contributed by atoms with Gasteiger partial charge in [0, 0.05) is 5.11 Å². The van der Waals surface area contributed by atoms with Crippen molar-refractivity contribution < 1.29 is 9.43 Å². The zero-order chi connectivity index (χ0) is 10.8. The number of azo groups is 2. The Bertz CT molecular complexity index is 452. The summed E-state index contributed by atoms with van der Waals surface area (Å²) in [6.45, 7) is 0.516. The van der Waals surface area contributed by atoms with Gasteiger partial charge in [0.15, 0.2) is 24.3 Å². The molecule has 7 nitrogen and oxygen atoms in total. The third kappa shape index (κ3) is 1.63. The molecule has 2 rings (SSSR count). The van der Waals surface area contributed by atoms with E-state index in [0.29, 0.717) is 23.9 Å². The molecule has 0 radical (unpaired) electrons. The average Bonchev–Trinajstić information content (AvgIpc) is 2.64. The highest BCUT2D eigenvalue weighted by Crippen LogP contribution is 2.23. The second-order valence-electron chi connectivity index (χ2n) is 3.02. The summed E-state index contributed by atoms with van der Waals surface area (Å²) in [6, 6.07) is 0. The highest BCUT2D eigenvalue weighted by Gasteiger charge is 2.22. The van der Waals surface area contributed by atoms with Crippen molar-refractivity contribution in [3.63, 3.8) is 0 Å². The lowest BCUT2D eigenvalue weighted by molar-refractivity contribution is -0.551. The van der Waals surface area contributed by atoms with Gasteiger partial charge in [-0.3, -0.25) is 0 Å². The SMILES string of the molecule is COc1c(N)ncnc1C1=NC[N+](C)=N1. The molecule has 0 aromatic carbocycles. The molecule has 0 fully saturated rings. The van der Waals surface area contributed by atoms with Crippen LogP contribution in [0.2, 0.25) is 0 Å². The monoisotopic (exact) mass is 207 g/mol. The maximum Gasteiger partial charge on any atom is 0.263 e. The number of amidine groups is 1.